The van der Waals surface area contributed by atoms with Gasteiger partial charge in [0.15, 0.2) is 0 Å². The topological polar surface area (TPSA) is 59.7 Å². The first-order chi connectivity index (χ1) is 10.1. The molecule has 3 rings (SSSR count). The lowest BCUT2D eigenvalue weighted by Gasteiger charge is -2.16. The van der Waals surface area contributed by atoms with Gasteiger partial charge in [-0.25, -0.2) is 4.52 Å². The lowest BCUT2D eigenvalue weighted by atomic mass is 9.96. The van der Waals surface area contributed by atoms with E-state index in [0.29, 0.717) is 0 Å². The van der Waals surface area contributed by atoms with E-state index in [1.54, 1.807) is 36.4 Å². The zero-order valence-corrected chi connectivity index (χ0v) is 12.2. The van der Waals surface area contributed by atoms with Crippen LogP contribution in [0.25, 0.3) is 5.52 Å². The fraction of sp³-hybridized carbons (Fsp3) is 0.250. The number of aliphatic hydroxyl groups is 1. The predicted octanol–water partition coefficient (Wildman–Crippen LogP) is 2.44. The van der Waals surface area contributed by atoms with Crippen molar-refractivity contribution in [2.24, 2.45) is 0 Å². The number of aryl methyl sites for hydroxylation is 2. The molecule has 0 aliphatic carbocycles. The summed E-state index contributed by atoms with van der Waals surface area (Å²) in [5.41, 5.74) is 4.38. The molecule has 0 aliphatic rings. The summed E-state index contributed by atoms with van der Waals surface area (Å²) in [6.45, 7) is 3.93. The average molecular weight is 283 g/mol. The zero-order chi connectivity index (χ0) is 15.0. The van der Waals surface area contributed by atoms with Crippen molar-refractivity contribution >= 4 is 5.52 Å². The zero-order valence-electron chi connectivity index (χ0n) is 12.2. The molecule has 1 unspecified atom stereocenters. The van der Waals surface area contributed by atoms with Crippen molar-refractivity contribution in [3.63, 3.8) is 0 Å². The largest absolute Gasteiger partial charge is 0.496 e. The van der Waals surface area contributed by atoms with Gasteiger partial charge in [-0.15, -0.1) is 0 Å². The van der Waals surface area contributed by atoms with Crippen LogP contribution in [0.5, 0.6) is 5.75 Å². The van der Waals surface area contributed by atoms with Gasteiger partial charge in [-0.1, -0.05) is 0 Å². The van der Waals surface area contributed by atoms with Crippen LogP contribution in [0.15, 0.2) is 36.9 Å². The molecule has 3 aromatic rings. The third-order valence-corrected chi connectivity index (χ3v) is 3.73. The second-order valence-corrected chi connectivity index (χ2v) is 5.09. The number of nitrogens with zero attached hydrogens (tertiary/aromatic N) is 3. The van der Waals surface area contributed by atoms with E-state index >= 15 is 0 Å². The first kappa shape index (κ1) is 13.6. The summed E-state index contributed by atoms with van der Waals surface area (Å²) < 4.78 is 7.02. The number of fused-ring (bicyclic) bond motifs is 1. The second-order valence-electron chi connectivity index (χ2n) is 5.09. The van der Waals surface area contributed by atoms with Crippen LogP contribution in [0.3, 0.4) is 0 Å². The molecule has 0 fully saturated rings. The van der Waals surface area contributed by atoms with Crippen LogP contribution in [-0.4, -0.2) is 26.8 Å². The Balaban J connectivity index is 2.10. The molecule has 1 N–H and O–H groups in total. The highest BCUT2D eigenvalue weighted by Crippen LogP contribution is 2.31. The lowest BCUT2D eigenvalue weighted by molar-refractivity contribution is 0.221. The second kappa shape index (κ2) is 5.18. The number of rotatable bonds is 3. The molecule has 108 valence electrons. The Hall–Kier alpha value is -2.40. The standard InChI is InChI=1S/C16H17N3O2/c1-10-7-15(21-3)11(2)6-12(10)16(20)13-8-18-19-5-4-17-9-14(13)19/h4-9,16,20H,1-3H3. The van der Waals surface area contributed by atoms with Gasteiger partial charge < -0.3 is 9.84 Å². The minimum Gasteiger partial charge on any atom is -0.496 e. The van der Waals surface area contributed by atoms with Crippen LogP contribution < -0.4 is 4.74 Å². The Labute approximate surface area is 122 Å². The maximum Gasteiger partial charge on any atom is 0.122 e. The quantitative estimate of drug-likeness (QED) is 0.802. The number of benzene rings is 1. The van der Waals surface area contributed by atoms with Crippen molar-refractivity contribution < 1.29 is 9.84 Å². The van der Waals surface area contributed by atoms with Crippen molar-refractivity contribution in [3.8, 4) is 5.75 Å². The summed E-state index contributed by atoms with van der Waals surface area (Å²) >= 11 is 0. The number of methoxy groups -OCH3 is 1. The van der Waals surface area contributed by atoms with Gasteiger partial charge in [-0.05, 0) is 42.7 Å². The summed E-state index contributed by atoms with van der Waals surface area (Å²) in [6, 6.07) is 3.90. The van der Waals surface area contributed by atoms with Crippen molar-refractivity contribution in [1.29, 1.82) is 0 Å². The molecule has 0 radical (unpaired) electrons. The van der Waals surface area contributed by atoms with Gasteiger partial charge in [0.2, 0.25) is 0 Å². The Bertz CT molecular complexity index is 795. The molecule has 0 saturated carbocycles. The Morgan fingerprint density at radius 3 is 2.71 bits per heavy atom. The number of hydrogen-bond acceptors (Lipinski definition) is 4. The molecule has 0 amide bonds. The van der Waals surface area contributed by atoms with E-state index in [9.17, 15) is 5.11 Å². The molecule has 1 atom stereocenters. The van der Waals surface area contributed by atoms with E-state index in [2.05, 4.69) is 10.1 Å². The minimum absolute atomic E-state index is 0.740. The Kier molecular flexibility index (Phi) is 3.35. The maximum absolute atomic E-state index is 10.7. The number of hydrogen-bond donors (Lipinski definition) is 1. The van der Waals surface area contributed by atoms with Gasteiger partial charge in [0.25, 0.3) is 0 Å². The average Bonchev–Trinajstić information content (AvgIpc) is 2.92. The Morgan fingerprint density at radius 2 is 1.95 bits per heavy atom. The fourth-order valence-electron chi connectivity index (χ4n) is 2.56. The van der Waals surface area contributed by atoms with E-state index in [1.807, 2.05) is 26.0 Å². The summed E-state index contributed by atoms with van der Waals surface area (Å²) in [5, 5.41) is 15.0. The predicted molar refractivity (Wildman–Crippen MR) is 79.5 cm³/mol. The highest BCUT2D eigenvalue weighted by atomic mass is 16.5. The molecular formula is C16H17N3O2. The summed E-state index contributed by atoms with van der Waals surface area (Å²) in [7, 11) is 1.65. The molecule has 0 saturated heterocycles. The van der Waals surface area contributed by atoms with E-state index < -0.39 is 6.10 Å². The van der Waals surface area contributed by atoms with Crippen LogP contribution >= 0.6 is 0 Å². The van der Waals surface area contributed by atoms with Crippen molar-refractivity contribution in [3.05, 3.63) is 59.2 Å². The molecule has 21 heavy (non-hydrogen) atoms. The van der Waals surface area contributed by atoms with Gasteiger partial charge >= 0.3 is 0 Å². The number of aromatic nitrogens is 3. The van der Waals surface area contributed by atoms with Crippen LogP contribution in [0, 0.1) is 13.8 Å². The smallest absolute Gasteiger partial charge is 0.122 e. The van der Waals surface area contributed by atoms with Gasteiger partial charge in [0, 0.05) is 18.0 Å². The SMILES string of the molecule is COc1cc(C)c(C(O)c2cnn3ccncc23)cc1C. The fourth-order valence-corrected chi connectivity index (χ4v) is 2.56. The van der Waals surface area contributed by atoms with Crippen molar-refractivity contribution in [2.45, 2.75) is 20.0 Å². The van der Waals surface area contributed by atoms with Gasteiger partial charge in [-0.3, -0.25) is 4.98 Å². The normalized spacial score (nSPS) is 12.6. The molecule has 0 spiro atoms. The highest BCUT2D eigenvalue weighted by molar-refractivity contribution is 5.56. The van der Waals surface area contributed by atoms with Crippen molar-refractivity contribution in [1.82, 2.24) is 14.6 Å². The van der Waals surface area contributed by atoms with E-state index in [0.717, 1.165) is 33.5 Å². The summed E-state index contributed by atoms with van der Waals surface area (Å²) in [5.74, 6) is 0.824. The van der Waals surface area contributed by atoms with Gasteiger partial charge in [0.1, 0.15) is 11.9 Å². The molecule has 1 aromatic carbocycles. The van der Waals surface area contributed by atoms with E-state index in [-0.39, 0.29) is 0 Å². The minimum atomic E-state index is -0.740. The molecule has 2 aromatic heterocycles. The lowest BCUT2D eigenvalue weighted by Crippen LogP contribution is -2.03. The number of ether oxygens (including phenoxy) is 1. The number of aliphatic hydroxyl groups excluding tert-OH is 1. The Morgan fingerprint density at radius 1 is 1.14 bits per heavy atom. The third-order valence-electron chi connectivity index (χ3n) is 3.73. The van der Waals surface area contributed by atoms with Gasteiger partial charge in [-0.2, -0.15) is 5.10 Å². The van der Waals surface area contributed by atoms with Crippen LogP contribution in [-0.2, 0) is 0 Å². The van der Waals surface area contributed by atoms with E-state index in [1.165, 1.54) is 0 Å². The maximum atomic E-state index is 10.7. The summed E-state index contributed by atoms with van der Waals surface area (Å²) in [6.07, 6.45) is 6.07. The first-order valence-electron chi connectivity index (χ1n) is 6.72. The molecule has 0 aliphatic heterocycles. The molecule has 2 heterocycles. The van der Waals surface area contributed by atoms with Crippen molar-refractivity contribution in [2.75, 3.05) is 7.11 Å². The van der Waals surface area contributed by atoms with Crippen LogP contribution in [0.4, 0.5) is 0 Å². The third kappa shape index (κ3) is 2.25. The van der Waals surface area contributed by atoms with E-state index in [4.69, 9.17) is 4.74 Å². The highest BCUT2D eigenvalue weighted by Gasteiger charge is 2.19. The monoisotopic (exact) mass is 283 g/mol. The molecule has 5 nitrogen and oxygen atoms in total. The molecule has 5 heteroatoms. The van der Waals surface area contributed by atoms with Crippen LogP contribution in [0.2, 0.25) is 0 Å². The summed E-state index contributed by atoms with van der Waals surface area (Å²) in [4.78, 5) is 4.10. The molecular weight excluding hydrogens is 266 g/mol. The first-order valence-corrected chi connectivity index (χ1v) is 6.72. The molecule has 0 bridgehead atoms. The van der Waals surface area contributed by atoms with Crippen LogP contribution in [0.1, 0.15) is 28.4 Å². The van der Waals surface area contributed by atoms with Gasteiger partial charge in [0.05, 0.1) is 25.0 Å².